The molecule has 2 amide bonds. The number of primary amides is 1. The molecule has 9 heteroatoms. The number of aromatic amines is 2. The average molecular weight is 366 g/mol. The second-order valence-corrected chi connectivity index (χ2v) is 5.94. The van der Waals surface area contributed by atoms with Crippen molar-refractivity contribution in [3.05, 3.63) is 59.8 Å². The number of Topliss-reactive ketones (excluding diaryl/α,β-unsaturated/α-hetero) is 1. The molecule has 0 saturated carbocycles. The van der Waals surface area contributed by atoms with Crippen LogP contribution in [-0.2, 0) is 16.0 Å². The van der Waals surface area contributed by atoms with Crippen molar-refractivity contribution in [2.75, 3.05) is 0 Å². The Hall–Kier alpha value is -3.75. The molecule has 0 saturated heterocycles. The number of H-pyrrole nitrogens is 2. The molecule has 0 aromatic carbocycles. The van der Waals surface area contributed by atoms with Crippen LogP contribution < -0.4 is 11.1 Å². The number of hydrogen-bond donors (Lipinski definition) is 4. The standard InChI is InChI=1S/C18H18N6O3/c1-10-14(12-6-2-3-7-21-12)15(24-23-10)18(27)22-13(16(25)17(19)26)9-11-5-4-8-20-11/h2-8,13,20H,9H2,1H3,(H2,19,26)(H,22,27)(H,23,24). The third-order valence-corrected chi connectivity index (χ3v) is 4.03. The number of pyridine rings is 1. The van der Waals surface area contributed by atoms with E-state index in [-0.39, 0.29) is 12.1 Å². The number of aryl methyl sites for hydroxylation is 1. The van der Waals surface area contributed by atoms with Crippen LogP contribution in [0, 0.1) is 6.92 Å². The van der Waals surface area contributed by atoms with Crippen LogP contribution in [-0.4, -0.2) is 43.8 Å². The number of carbonyl (C=O) groups is 3. The van der Waals surface area contributed by atoms with Crippen molar-refractivity contribution in [2.45, 2.75) is 19.4 Å². The van der Waals surface area contributed by atoms with Gasteiger partial charge in [0.2, 0.25) is 5.78 Å². The quantitative estimate of drug-likeness (QED) is 0.450. The summed E-state index contributed by atoms with van der Waals surface area (Å²) in [4.78, 5) is 43.5. The monoisotopic (exact) mass is 366 g/mol. The van der Waals surface area contributed by atoms with Gasteiger partial charge in [-0.2, -0.15) is 5.10 Å². The zero-order valence-corrected chi connectivity index (χ0v) is 14.5. The Balaban J connectivity index is 1.88. The number of nitrogens with one attached hydrogen (secondary N) is 3. The summed E-state index contributed by atoms with van der Waals surface area (Å²) in [7, 11) is 0. The zero-order valence-electron chi connectivity index (χ0n) is 14.5. The van der Waals surface area contributed by atoms with Gasteiger partial charge in [0.15, 0.2) is 5.69 Å². The Labute approximate surface area is 154 Å². The van der Waals surface area contributed by atoms with Crippen LogP contribution in [0.3, 0.4) is 0 Å². The van der Waals surface area contributed by atoms with Crippen LogP contribution in [0.2, 0.25) is 0 Å². The SMILES string of the molecule is Cc1[nH]nc(C(=O)NC(Cc2ccc[nH]2)C(=O)C(N)=O)c1-c1ccccn1. The van der Waals surface area contributed by atoms with E-state index in [2.05, 4.69) is 25.5 Å². The number of nitrogens with two attached hydrogens (primary N) is 1. The second kappa shape index (κ2) is 7.65. The van der Waals surface area contributed by atoms with E-state index >= 15 is 0 Å². The van der Waals surface area contributed by atoms with Gasteiger partial charge in [0.1, 0.15) is 6.04 Å². The molecular formula is C18H18N6O3. The maximum Gasteiger partial charge on any atom is 0.287 e. The molecule has 0 bridgehead atoms. The van der Waals surface area contributed by atoms with Crippen LogP contribution in [0.1, 0.15) is 21.9 Å². The molecule has 0 aliphatic carbocycles. The number of ketones is 1. The van der Waals surface area contributed by atoms with Gasteiger partial charge in [-0.15, -0.1) is 0 Å². The van der Waals surface area contributed by atoms with Crippen LogP contribution >= 0.6 is 0 Å². The van der Waals surface area contributed by atoms with Crippen molar-refractivity contribution >= 4 is 17.6 Å². The molecule has 3 aromatic heterocycles. The maximum atomic E-state index is 12.8. The summed E-state index contributed by atoms with van der Waals surface area (Å²) in [6.07, 6.45) is 3.39. The number of rotatable bonds is 7. The molecule has 0 aliphatic rings. The highest BCUT2D eigenvalue weighted by Gasteiger charge is 2.28. The normalized spacial score (nSPS) is 11.7. The molecule has 3 rings (SSSR count). The van der Waals surface area contributed by atoms with Gasteiger partial charge in [-0.25, -0.2) is 0 Å². The lowest BCUT2D eigenvalue weighted by atomic mass is 10.0. The van der Waals surface area contributed by atoms with Gasteiger partial charge in [-0.05, 0) is 31.2 Å². The first-order valence-corrected chi connectivity index (χ1v) is 8.20. The fourth-order valence-electron chi connectivity index (χ4n) is 2.74. The average Bonchev–Trinajstić information content (AvgIpc) is 3.30. The molecule has 0 radical (unpaired) electrons. The van der Waals surface area contributed by atoms with Crippen LogP contribution in [0.4, 0.5) is 0 Å². The summed E-state index contributed by atoms with van der Waals surface area (Å²) in [5.74, 6) is -2.61. The van der Waals surface area contributed by atoms with Gasteiger partial charge in [-0.3, -0.25) is 24.5 Å². The lowest BCUT2D eigenvalue weighted by molar-refractivity contribution is -0.137. The number of hydrogen-bond acceptors (Lipinski definition) is 5. The largest absolute Gasteiger partial charge is 0.365 e. The Morgan fingerprint density at radius 2 is 2.04 bits per heavy atom. The first-order chi connectivity index (χ1) is 13.0. The van der Waals surface area contributed by atoms with Gasteiger partial charge in [-0.1, -0.05) is 6.07 Å². The number of nitrogens with zero attached hydrogens (tertiary/aromatic N) is 2. The minimum atomic E-state index is -1.12. The topological polar surface area (TPSA) is 147 Å². The number of aromatic nitrogens is 4. The summed E-state index contributed by atoms with van der Waals surface area (Å²) >= 11 is 0. The number of amides is 2. The molecule has 1 unspecified atom stereocenters. The Morgan fingerprint density at radius 3 is 2.67 bits per heavy atom. The summed E-state index contributed by atoms with van der Waals surface area (Å²) in [5.41, 5.74) is 7.63. The smallest absolute Gasteiger partial charge is 0.287 e. The van der Waals surface area contributed by atoms with E-state index in [1.807, 2.05) is 0 Å². The first kappa shape index (κ1) is 18.1. The Morgan fingerprint density at radius 1 is 1.22 bits per heavy atom. The van der Waals surface area contributed by atoms with E-state index in [1.165, 1.54) is 0 Å². The van der Waals surface area contributed by atoms with Crippen molar-refractivity contribution in [3.63, 3.8) is 0 Å². The molecule has 5 N–H and O–H groups in total. The molecule has 3 aromatic rings. The number of carbonyl (C=O) groups excluding carboxylic acids is 3. The van der Waals surface area contributed by atoms with Crippen molar-refractivity contribution in [1.29, 1.82) is 0 Å². The summed E-state index contributed by atoms with van der Waals surface area (Å²) in [6.45, 7) is 1.76. The first-order valence-electron chi connectivity index (χ1n) is 8.20. The van der Waals surface area contributed by atoms with E-state index in [9.17, 15) is 14.4 Å². The fraction of sp³-hybridized carbons (Fsp3) is 0.167. The molecule has 9 nitrogen and oxygen atoms in total. The molecular weight excluding hydrogens is 348 g/mol. The molecule has 1 atom stereocenters. The second-order valence-electron chi connectivity index (χ2n) is 5.94. The van der Waals surface area contributed by atoms with Gasteiger partial charge >= 0.3 is 0 Å². The van der Waals surface area contributed by atoms with E-state index in [4.69, 9.17) is 5.73 Å². The van der Waals surface area contributed by atoms with Crippen molar-refractivity contribution in [2.24, 2.45) is 5.73 Å². The fourth-order valence-corrected chi connectivity index (χ4v) is 2.74. The minimum absolute atomic E-state index is 0.0833. The van der Waals surface area contributed by atoms with Gasteiger partial charge in [0.05, 0.1) is 11.3 Å². The lowest BCUT2D eigenvalue weighted by Gasteiger charge is -2.15. The van der Waals surface area contributed by atoms with E-state index in [0.29, 0.717) is 22.6 Å². The lowest BCUT2D eigenvalue weighted by Crippen LogP contribution is -2.47. The molecule has 0 spiro atoms. The van der Waals surface area contributed by atoms with Crippen LogP contribution in [0.25, 0.3) is 11.3 Å². The third-order valence-electron chi connectivity index (χ3n) is 4.03. The van der Waals surface area contributed by atoms with Gasteiger partial charge < -0.3 is 16.0 Å². The van der Waals surface area contributed by atoms with Crippen molar-refractivity contribution < 1.29 is 14.4 Å². The summed E-state index contributed by atoms with van der Waals surface area (Å²) < 4.78 is 0. The molecule has 27 heavy (non-hydrogen) atoms. The molecule has 3 heterocycles. The third kappa shape index (κ3) is 3.92. The van der Waals surface area contributed by atoms with Crippen LogP contribution in [0.15, 0.2) is 42.7 Å². The van der Waals surface area contributed by atoms with E-state index in [0.717, 1.165) is 0 Å². The highest BCUT2D eigenvalue weighted by atomic mass is 16.2. The molecule has 138 valence electrons. The summed E-state index contributed by atoms with van der Waals surface area (Å²) in [5, 5.41) is 9.34. The van der Waals surface area contributed by atoms with Gasteiger partial charge in [0, 0.05) is 30.2 Å². The van der Waals surface area contributed by atoms with Crippen molar-refractivity contribution in [3.8, 4) is 11.3 Å². The molecule has 0 aliphatic heterocycles. The maximum absolute atomic E-state index is 12.8. The predicted molar refractivity (Wildman–Crippen MR) is 96.5 cm³/mol. The highest BCUT2D eigenvalue weighted by molar-refractivity contribution is 6.38. The minimum Gasteiger partial charge on any atom is -0.365 e. The highest BCUT2D eigenvalue weighted by Crippen LogP contribution is 2.23. The molecule has 0 fully saturated rings. The Kier molecular flexibility index (Phi) is 5.11. The van der Waals surface area contributed by atoms with E-state index < -0.39 is 23.6 Å². The van der Waals surface area contributed by atoms with Crippen LogP contribution in [0.5, 0.6) is 0 Å². The van der Waals surface area contributed by atoms with E-state index in [1.54, 1.807) is 49.6 Å². The van der Waals surface area contributed by atoms with Gasteiger partial charge in [0.25, 0.3) is 11.8 Å². The predicted octanol–water partition coefficient (Wildman–Crippen LogP) is 0.504. The summed E-state index contributed by atoms with van der Waals surface area (Å²) in [6, 6.07) is 7.68. The zero-order chi connectivity index (χ0) is 19.4. The van der Waals surface area contributed by atoms with Crippen molar-refractivity contribution in [1.82, 2.24) is 25.5 Å². The Bertz CT molecular complexity index is 962.